The minimum Gasteiger partial charge on any atom is -0.463 e. The highest BCUT2D eigenvalue weighted by Gasteiger charge is 2.19. The number of carbonyl (C=O) groups is 2. The summed E-state index contributed by atoms with van der Waals surface area (Å²) in [6.45, 7) is 4.90. The maximum Gasteiger partial charge on any atom is 0.313 e. The van der Waals surface area contributed by atoms with Crippen LogP contribution < -0.4 is 0 Å². The van der Waals surface area contributed by atoms with E-state index >= 15 is 0 Å². The molecule has 0 aliphatic carbocycles. The summed E-state index contributed by atoms with van der Waals surface area (Å²) in [5.41, 5.74) is 0. The second-order valence-corrected chi connectivity index (χ2v) is 3.06. The van der Waals surface area contributed by atoms with Crippen LogP contribution in [-0.2, 0) is 14.3 Å². The molecule has 0 N–H and O–H groups in total. The zero-order chi connectivity index (χ0) is 10.4. The lowest BCUT2D eigenvalue weighted by molar-refractivity contribution is -0.150. The van der Waals surface area contributed by atoms with Crippen LogP contribution in [0.4, 0.5) is 4.39 Å². The lowest BCUT2D eigenvalue weighted by Crippen LogP contribution is -2.21. The number of rotatable bonds is 5. The molecule has 0 bridgehead atoms. The first-order chi connectivity index (χ1) is 5.97. The van der Waals surface area contributed by atoms with E-state index in [0.29, 0.717) is 0 Å². The molecular weight excluding hydrogens is 175 g/mol. The van der Waals surface area contributed by atoms with Crippen molar-refractivity contribution in [3.63, 3.8) is 0 Å². The van der Waals surface area contributed by atoms with Crippen LogP contribution in [0.25, 0.3) is 0 Å². The highest BCUT2D eigenvalue weighted by atomic mass is 19.1. The molecule has 3 nitrogen and oxygen atoms in total. The molecule has 0 amide bonds. The molecule has 0 radical (unpaired) electrons. The third-order valence-corrected chi connectivity index (χ3v) is 1.39. The average molecular weight is 190 g/mol. The van der Waals surface area contributed by atoms with Gasteiger partial charge in [-0.15, -0.1) is 0 Å². The van der Waals surface area contributed by atoms with Gasteiger partial charge in [-0.3, -0.25) is 9.59 Å². The number of alkyl halides is 1. The van der Waals surface area contributed by atoms with Crippen LogP contribution >= 0.6 is 0 Å². The smallest absolute Gasteiger partial charge is 0.313 e. The second-order valence-electron chi connectivity index (χ2n) is 3.06. The molecule has 0 saturated heterocycles. The molecule has 0 rings (SSSR count). The Morgan fingerprint density at radius 1 is 1.38 bits per heavy atom. The fraction of sp³-hybridized carbons (Fsp3) is 0.778. The van der Waals surface area contributed by atoms with Crippen LogP contribution in [0.3, 0.4) is 0 Å². The van der Waals surface area contributed by atoms with Crippen molar-refractivity contribution < 1.29 is 18.7 Å². The van der Waals surface area contributed by atoms with E-state index in [1.165, 1.54) is 0 Å². The van der Waals surface area contributed by atoms with Crippen LogP contribution in [0, 0.1) is 0 Å². The van der Waals surface area contributed by atoms with Gasteiger partial charge in [0.15, 0.2) is 12.0 Å². The Morgan fingerprint density at radius 2 is 1.92 bits per heavy atom. The first-order valence-corrected chi connectivity index (χ1v) is 4.33. The molecule has 0 fully saturated rings. The van der Waals surface area contributed by atoms with Gasteiger partial charge in [0.25, 0.3) is 0 Å². The van der Waals surface area contributed by atoms with Crippen LogP contribution in [0.15, 0.2) is 0 Å². The van der Waals surface area contributed by atoms with E-state index in [4.69, 9.17) is 0 Å². The Hall–Kier alpha value is -0.930. The van der Waals surface area contributed by atoms with Gasteiger partial charge in [0, 0.05) is 0 Å². The Morgan fingerprint density at radius 3 is 2.31 bits per heavy atom. The topological polar surface area (TPSA) is 43.4 Å². The zero-order valence-electron chi connectivity index (χ0n) is 8.17. The third kappa shape index (κ3) is 5.33. The van der Waals surface area contributed by atoms with Crippen LogP contribution in [0.2, 0.25) is 0 Å². The van der Waals surface area contributed by atoms with Crippen molar-refractivity contribution in [1.82, 2.24) is 0 Å². The van der Waals surface area contributed by atoms with Gasteiger partial charge in [0.2, 0.25) is 0 Å². The van der Waals surface area contributed by atoms with Gasteiger partial charge >= 0.3 is 5.97 Å². The fourth-order valence-corrected chi connectivity index (χ4v) is 0.785. The molecule has 13 heavy (non-hydrogen) atoms. The largest absolute Gasteiger partial charge is 0.463 e. The number of carbonyl (C=O) groups excluding carboxylic acids is 2. The summed E-state index contributed by atoms with van der Waals surface area (Å²) in [5.74, 6) is -1.36. The van der Waals surface area contributed by atoms with E-state index in [1.807, 2.05) is 0 Å². The van der Waals surface area contributed by atoms with Crippen molar-refractivity contribution in [2.24, 2.45) is 0 Å². The Labute approximate surface area is 77.3 Å². The molecule has 0 aromatic heterocycles. The molecule has 0 saturated carbocycles. The SMILES string of the molecule is CCC(F)C(=O)CC(=O)OC(C)C. The minimum atomic E-state index is -1.54. The number of hydrogen-bond donors (Lipinski definition) is 0. The number of ether oxygens (including phenoxy) is 1. The van der Waals surface area contributed by atoms with Gasteiger partial charge in [-0.1, -0.05) is 6.92 Å². The normalized spacial score (nSPS) is 12.7. The van der Waals surface area contributed by atoms with Crippen LogP contribution in [0.1, 0.15) is 33.6 Å². The monoisotopic (exact) mass is 190 g/mol. The maximum atomic E-state index is 12.7. The van der Waals surface area contributed by atoms with Crippen molar-refractivity contribution in [2.75, 3.05) is 0 Å². The molecule has 76 valence electrons. The van der Waals surface area contributed by atoms with E-state index < -0.39 is 24.3 Å². The first-order valence-electron chi connectivity index (χ1n) is 4.33. The average Bonchev–Trinajstić information content (AvgIpc) is 2.01. The second kappa shape index (κ2) is 5.67. The van der Waals surface area contributed by atoms with Crippen molar-refractivity contribution in [3.05, 3.63) is 0 Å². The van der Waals surface area contributed by atoms with Gasteiger partial charge in [-0.05, 0) is 20.3 Å². The van der Waals surface area contributed by atoms with Crippen molar-refractivity contribution in [2.45, 2.75) is 45.9 Å². The van der Waals surface area contributed by atoms with Crippen molar-refractivity contribution in [3.8, 4) is 0 Å². The van der Waals surface area contributed by atoms with Gasteiger partial charge in [-0.25, -0.2) is 4.39 Å². The number of Topliss-reactive ketones (excluding diaryl/α,β-unsaturated/α-hetero) is 1. The maximum absolute atomic E-state index is 12.7. The summed E-state index contributed by atoms with van der Waals surface area (Å²) >= 11 is 0. The molecule has 0 heterocycles. The molecule has 0 spiro atoms. The minimum absolute atomic E-state index is 0.105. The summed E-state index contributed by atoms with van der Waals surface area (Å²) < 4.78 is 17.4. The predicted molar refractivity (Wildman–Crippen MR) is 46.0 cm³/mol. The highest BCUT2D eigenvalue weighted by Crippen LogP contribution is 2.03. The number of esters is 1. The Bertz CT molecular complexity index is 189. The van der Waals surface area contributed by atoms with E-state index in [-0.39, 0.29) is 12.5 Å². The van der Waals surface area contributed by atoms with Crippen LogP contribution in [-0.4, -0.2) is 24.0 Å². The highest BCUT2D eigenvalue weighted by molar-refractivity contribution is 5.97. The lowest BCUT2D eigenvalue weighted by Gasteiger charge is -2.08. The Balaban J connectivity index is 3.85. The fourth-order valence-electron chi connectivity index (χ4n) is 0.785. The number of halogens is 1. The van der Waals surface area contributed by atoms with Crippen LogP contribution in [0.5, 0.6) is 0 Å². The summed E-state index contributed by atoms with van der Waals surface area (Å²) in [6.07, 6.45) is -2.17. The van der Waals surface area contributed by atoms with E-state index in [1.54, 1.807) is 20.8 Å². The zero-order valence-corrected chi connectivity index (χ0v) is 8.17. The summed E-state index contributed by atoms with van der Waals surface area (Å²) in [4.78, 5) is 21.8. The number of ketones is 1. The summed E-state index contributed by atoms with van der Waals surface area (Å²) in [5, 5.41) is 0. The number of hydrogen-bond acceptors (Lipinski definition) is 3. The molecule has 1 unspecified atom stereocenters. The molecule has 0 aromatic carbocycles. The van der Waals surface area contributed by atoms with Crippen molar-refractivity contribution in [1.29, 1.82) is 0 Å². The molecule has 0 aliphatic rings. The van der Waals surface area contributed by atoms with Gasteiger partial charge < -0.3 is 4.74 Å². The van der Waals surface area contributed by atoms with E-state index in [2.05, 4.69) is 4.74 Å². The summed E-state index contributed by atoms with van der Waals surface area (Å²) in [6, 6.07) is 0. The van der Waals surface area contributed by atoms with E-state index in [0.717, 1.165) is 0 Å². The predicted octanol–water partition coefficient (Wildman–Crippen LogP) is 1.65. The quantitative estimate of drug-likeness (QED) is 0.489. The third-order valence-electron chi connectivity index (χ3n) is 1.39. The first kappa shape index (κ1) is 12.1. The molecule has 1 atom stereocenters. The molecule has 0 aliphatic heterocycles. The van der Waals surface area contributed by atoms with Crippen molar-refractivity contribution >= 4 is 11.8 Å². The molecule has 4 heteroatoms. The van der Waals surface area contributed by atoms with Gasteiger partial charge in [0.05, 0.1) is 6.10 Å². The summed E-state index contributed by atoms with van der Waals surface area (Å²) in [7, 11) is 0. The molecule has 0 aromatic rings. The lowest BCUT2D eigenvalue weighted by atomic mass is 10.1. The van der Waals surface area contributed by atoms with Gasteiger partial charge in [-0.2, -0.15) is 0 Å². The standard InChI is InChI=1S/C9H15FO3/c1-4-7(10)8(11)5-9(12)13-6(2)3/h6-7H,4-5H2,1-3H3. The Kier molecular flexibility index (Phi) is 5.26. The van der Waals surface area contributed by atoms with Gasteiger partial charge in [0.1, 0.15) is 6.42 Å². The molecular formula is C9H15FO3. The van der Waals surface area contributed by atoms with E-state index in [9.17, 15) is 14.0 Å².